The number of rotatable bonds is 7. The third-order valence-corrected chi connectivity index (χ3v) is 5.77. The number of carboxylic acids is 1. The summed E-state index contributed by atoms with van der Waals surface area (Å²) < 4.78 is 50.3. The number of aromatic nitrogens is 1. The summed E-state index contributed by atoms with van der Waals surface area (Å²) >= 11 is 0. The first-order chi connectivity index (χ1) is 16.9. The summed E-state index contributed by atoms with van der Waals surface area (Å²) in [6.07, 6.45) is -4.39. The summed E-state index contributed by atoms with van der Waals surface area (Å²) in [6, 6.07) is 19.4. The number of hydrogen-bond acceptors (Lipinski definition) is 4. The van der Waals surface area contributed by atoms with Gasteiger partial charge >= 0.3 is 12.1 Å². The molecule has 8 heteroatoms. The predicted molar refractivity (Wildman–Crippen MR) is 130 cm³/mol. The fourth-order valence-corrected chi connectivity index (χ4v) is 3.65. The van der Waals surface area contributed by atoms with Gasteiger partial charge in [0.1, 0.15) is 18.1 Å². The molecule has 0 saturated carbocycles. The predicted octanol–water partition coefficient (Wildman–Crippen LogP) is 7.05. The van der Waals surface area contributed by atoms with Gasteiger partial charge in [0, 0.05) is 28.3 Å². The average Bonchev–Trinajstić information content (AvgIpc) is 2.82. The maximum absolute atomic E-state index is 12.8. The van der Waals surface area contributed by atoms with Crippen molar-refractivity contribution in [1.29, 1.82) is 0 Å². The Balaban J connectivity index is 1.57. The fraction of sp³-hybridized carbons (Fsp3) is 0.214. The third kappa shape index (κ3) is 5.43. The average molecular weight is 495 g/mol. The highest BCUT2D eigenvalue weighted by molar-refractivity contribution is 5.90. The van der Waals surface area contributed by atoms with E-state index in [-0.39, 0.29) is 6.61 Å². The molecule has 36 heavy (non-hydrogen) atoms. The molecule has 0 bridgehead atoms. The molecule has 1 aromatic heterocycles. The van der Waals surface area contributed by atoms with Crippen molar-refractivity contribution < 1.29 is 32.5 Å². The topological polar surface area (TPSA) is 68.7 Å². The van der Waals surface area contributed by atoms with Crippen LogP contribution in [0.5, 0.6) is 11.5 Å². The number of pyridine rings is 1. The molecule has 0 spiro atoms. The van der Waals surface area contributed by atoms with Gasteiger partial charge in [-0.2, -0.15) is 13.2 Å². The molecule has 0 saturated heterocycles. The SMILES string of the molecule is Cc1nc(-c2ccc(C(F)(F)F)cc2)ccc1COc1cc(OC(C)(C)C(=O)O)cc2ccccc12. The molecule has 5 nitrogen and oxygen atoms in total. The van der Waals surface area contributed by atoms with Crippen LogP contribution < -0.4 is 9.47 Å². The van der Waals surface area contributed by atoms with Crippen molar-refractivity contribution in [3.8, 4) is 22.8 Å². The summed E-state index contributed by atoms with van der Waals surface area (Å²) in [7, 11) is 0. The molecule has 4 rings (SSSR count). The first-order valence-electron chi connectivity index (χ1n) is 11.2. The Morgan fingerprint density at radius 2 is 1.67 bits per heavy atom. The van der Waals surface area contributed by atoms with Crippen LogP contribution in [-0.2, 0) is 17.6 Å². The van der Waals surface area contributed by atoms with Gasteiger partial charge in [0.25, 0.3) is 0 Å². The summed E-state index contributed by atoms with van der Waals surface area (Å²) in [6.45, 7) is 4.93. The normalized spacial score (nSPS) is 11.9. The smallest absolute Gasteiger partial charge is 0.416 e. The highest BCUT2D eigenvalue weighted by Crippen LogP contribution is 2.34. The molecule has 4 aromatic rings. The van der Waals surface area contributed by atoms with Crippen LogP contribution in [0.4, 0.5) is 13.2 Å². The molecule has 0 aliphatic carbocycles. The number of ether oxygens (including phenoxy) is 2. The number of carboxylic acid groups (broad SMARTS) is 1. The number of hydrogen-bond donors (Lipinski definition) is 1. The van der Waals surface area contributed by atoms with Crippen molar-refractivity contribution in [3.63, 3.8) is 0 Å². The van der Waals surface area contributed by atoms with Crippen LogP contribution in [0.15, 0.2) is 72.8 Å². The van der Waals surface area contributed by atoms with Gasteiger partial charge in [-0.25, -0.2) is 4.79 Å². The number of nitrogens with zero attached hydrogens (tertiary/aromatic N) is 1. The zero-order valence-electron chi connectivity index (χ0n) is 19.9. The van der Waals surface area contributed by atoms with Crippen molar-refractivity contribution in [3.05, 3.63) is 89.6 Å². The van der Waals surface area contributed by atoms with E-state index < -0.39 is 23.3 Å². The highest BCUT2D eigenvalue weighted by atomic mass is 19.4. The molecule has 0 amide bonds. The van der Waals surface area contributed by atoms with Crippen LogP contribution in [0.2, 0.25) is 0 Å². The number of aliphatic carboxylic acids is 1. The summed E-state index contributed by atoms with van der Waals surface area (Å²) in [5, 5.41) is 11.1. The van der Waals surface area contributed by atoms with Crippen LogP contribution in [0.1, 0.15) is 30.7 Å². The molecule has 0 fully saturated rings. The standard InChI is InChI=1S/C28H24F3NO4/c1-17-20(10-13-24(32-17)18-8-11-21(12-9-18)28(29,30)31)16-35-25-15-22(36-27(2,3)26(33)34)14-19-6-4-5-7-23(19)25/h4-15H,16H2,1-3H3,(H,33,34). The van der Waals surface area contributed by atoms with Crippen LogP contribution in [0.25, 0.3) is 22.0 Å². The second kappa shape index (κ2) is 9.53. The van der Waals surface area contributed by atoms with E-state index in [4.69, 9.17) is 9.47 Å². The van der Waals surface area contributed by atoms with Crippen molar-refractivity contribution >= 4 is 16.7 Å². The fourth-order valence-electron chi connectivity index (χ4n) is 3.65. The molecule has 1 N–H and O–H groups in total. The minimum atomic E-state index is -4.39. The molecular formula is C28H24F3NO4. The molecule has 0 aliphatic rings. The van der Waals surface area contributed by atoms with Crippen LogP contribution in [0, 0.1) is 6.92 Å². The Labute approximate surface area is 206 Å². The minimum Gasteiger partial charge on any atom is -0.488 e. The molecule has 0 aliphatic heterocycles. The third-order valence-electron chi connectivity index (χ3n) is 5.77. The second-order valence-electron chi connectivity index (χ2n) is 8.86. The van der Waals surface area contributed by atoms with E-state index in [2.05, 4.69) is 4.98 Å². The highest BCUT2D eigenvalue weighted by Gasteiger charge is 2.30. The largest absolute Gasteiger partial charge is 0.488 e. The molecule has 3 aromatic carbocycles. The van der Waals surface area contributed by atoms with Crippen molar-refractivity contribution in [2.45, 2.75) is 39.2 Å². The number of aryl methyl sites for hydroxylation is 1. The number of fused-ring (bicyclic) bond motifs is 1. The van der Waals surface area contributed by atoms with E-state index in [0.29, 0.717) is 28.5 Å². The van der Waals surface area contributed by atoms with E-state index in [9.17, 15) is 23.1 Å². The number of carbonyl (C=O) groups is 1. The van der Waals surface area contributed by atoms with E-state index in [1.54, 1.807) is 25.1 Å². The maximum Gasteiger partial charge on any atom is 0.416 e. The van der Waals surface area contributed by atoms with E-state index >= 15 is 0 Å². The van der Waals surface area contributed by atoms with Gasteiger partial charge in [0.05, 0.1) is 11.3 Å². The van der Waals surface area contributed by atoms with Crippen LogP contribution >= 0.6 is 0 Å². The Hall–Kier alpha value is -4.07. The van der Waals surface area contributed by atoms with Crippen LogP contribution in [-0.4, -0.2) is 21.7 Å². The summed E-state index contributed by atoms with van der Waals surface area (Å²) in [4.78, 5) is 16.0. The van der Waals surface area contributed by atoms with Crippen molar-refractivity contribution in [1.82, 2.24) is 4.98 Å². The Morgan fingerprint density at radius 1 is 0.972 bits per heavy atom. The number of benzene rings is 3. The van der Waals surface area contributed by atoms with Gasteiger partial charge in [-0.15, -0.1) is 0 Å². The van der Waals surface area contributed by atoms with Gasteiger partial charge in [-0.05, 0) is 50.4 Å². The first-order valence-corrected chi connectivity index (χ1v) is 11.2. The van der Waals surface area contributed by atoms with E-state index in [1.807, 2.05) is 30.3 Å². The Bertz CT molecular complexity index is 1410. The molecule has 186 valence electrons. The second-order valence-corrected chi connectivity index (χ2v) is 8.86. The quantitative estimate of drug-likeness (QED) is 0.298. The van der Waals surface area contributed by atoms with Crippen LogP contribution in [0.3, 0.4) is 0 Å². The molecular weight excluding hydrogens is 471 g/mol. The van der Waals surface area contributed by atoms with Gasteiger partial charge in [0.15, 0.2) is 5.60 Å². The Kier molecular flexibility index (Phi) is 6.63. The van der Waals surface area contributed by atoms with Gasteiger partial charge in [0.2, 0.25) is 0 Å². The van der Waals surface area contributed by atoms with Gasteiger partial charge < -0.3 is 14.6 Å². The summed E-state index contributed by atoms with van der Waals surface area (Å²) in [5.41, 5.74) is 0.479. The molecule has 1 heterocycles. The Morgan fingerprint density at radius 3 is 2.31 bits per heavy atom. The van der Waals surface area contributed by atoms with Gasteiger partial charge in [-0.1, -0.05) is 42.5 Å². The van der Waals surface area contributed by atoms with Crippen molar-refractivity contribution in [2.24, 2.45) is 0 Å². The lowest BCUT2D eigenvalue weighted by Gasteiger charge is -2.22. The maximum atomic E-state index is 12.8. The number of alkyl halides is 3. The lowest BCUT2D eigenvalue weighted by Crippen LogP contribution is -2.37. The number of halogens is 3. The minimum absolute atomic E-state index is 0.182. The molecule has 0 unspecified atom stereocenters. The monoisotopic (exact) mass is 495 g/mol. The zero-order chi connectivity index (χ0) is 26.1. The molecule has 0 radical (unpaired) electrons. The van der Waals surface area contributed by atoms with Crippen molar-refractivity contribution in [2.75, 3.05) is 0 Å². The molecule has 0 atom stereocenters. The zero-order valence-corrected chi connectivity index (χ0v) is 19.9. The summed E-state index contributed by atoms with van der Waals surface area (Å²) in [5.74, 6) is -0.202. The van der Waals surface area contributed by atoms with E-state index in [1.165, 1.54) is 26.0 Å². The van der Waals surface area contributed by atoms with E-state index in [0.717, 1.165) is 28.5 Å². The first kappa shape index (κ1) is 25.0. The van der Waals surface area contributed by atoms with Gasteiger partial charge in [-0.3, -0.25) is 4.98 Å². The lowest BCUT2D eigenvalue weighted by molar-refractivity contribution is -0.152. The lowest BCUT2D eigenvalue weighted by atomic mass is 10.1.